The highest BCUT2D eigenvalue weighted by Crippen LogP contribution is 2.22. The molecule has 12 heavy (non-hydrogen) atoms. The minimum absolute atomic E-state index is 0.363. The van der Waals surface area contributed by atoms with Crippen molar-refractivity contribution >= 4 is 27.5 Å². The molecule has 62 valence electrons. The van der Waals surface area contributed by atoms with Crippen molar-refractivity contribution in [2.45, 2.75) is 0 Å². The molecule has 2 aromatic rings. The Morgan fingerprint density at radius 1 is 1.75 bits per heavy atom. The lowest BCUT2D eigenvalue weighted by Crippen LogP contribution is -2.01. The standard InChI is InChI=1S/C7H6N2O2S/c1-11-7(10)5-6-4(8-9-5)2-3-12-6/h2-3H,1H3,(H,8,9). The van der Waals surface area contributed by atoms with Gasteiger partial charge < -0.3 is 4.74 Å². The third-order valence-corrected chi connectivity index (χ3v) is 2.47. The van der Waals surface area contributed by atoms with Gasteiger partial charge in [-0.2, -0.15) is 5.10 Å². The van der Waals surface area contributed by atoms with Crippen molar-refractivity contribution in [1.82, 2.24) is 10.2 Å². The van der Waals surface area contributed by atoms with Gasteiger partial charge in [0.05, 0.1) is 17.3 Å². The topological polar surface area (TPSA) is 55.0 Å². The fourth-order valence-corrected chi connectivity index (χ4v) is 1.80. The van der Waals surface area contributed by atoms with Gasteiger partial charge in [0.15, 0.2) is 5.69 Å². The molecule has 0 unspecified atom stereocenters. The Labute approximate surface area is 72.2 Å². The smallest absolute Gasteiger partial charge is 0.360 e. The third kappa shape index (κ3) is 0.902. The number of ether oxygens (including phenoxy) is 1. The molecule has 0 aliphatic carbocycles. The molecular formula is C7H6N2O2S. The number of nitrogens with one attached hydrogen (secondary N) is 1. The SMILES string of the molecule is COC(=O)c1n[nH]c2ccsc12. The lowest BCUT2D eigenvalue weighted by molar-refractivity contribution is 0.0596. The minimum Gasteiger partial charge on any atom is -0.464 e. The first-order valence-corrected chi connectivity index (χ1v) is 4.21. The van der Waals surface area contributed by atoms with E-state index >= 15 is 0 Å². The molecule has 0 saturated heterocycles. The second-order valence-electron chi connectivity index (χ2n) is 2.23. The highest BCUT2D eigenvalue weighted by molar-refractivity contribution is 7.17. The van der Waals surface area contributed by atoms with Gasteiger partial charge in [0.2, 0.25) is 0 Å². The summed E-state index contributed by atoms with van der Waals surface area (Å²) in [4.78, 5) is 11.1. The van der Waals surface area contributed by atoms with E-state index in [-0.39, 0.29) is 0 Å². The molecule has 0 aromatic carbocycles. The van der Waals surface area contributed by atoms with Crippen molar-refractivity contribution < 1.29 is 9.53 Å². The molecule has 0 atom stereocenters. The first-order valence-electron chi connectivity index (χ1n) is 3.33. The number of hydrogen-bond acceptors (Lipinski definition) is 4. The Balaban J connectivity index is 2.61. The Morgan fingerprint density at radius 3 is 3.33 bits per heavy atom. The van der Waals surface area contributed by atoms with E-state index < -0.39 is 5.97 Å². The van der Waals surface area contributed by atoms with Crippen LogP contribution in [0.3, 0.4) is 0 Å². The molecule has 0 saturated carbocycles. The molecule has 0 radical (unpaired) electrons. The van der Waals surface area contributed by atoms with Crippen LogP contribution in [0.2, 0.25) is 0 Å². The molecule has 0 spiro atoms. The first kappa shape index (κ1) is 7.30. The predicted molar refractivity (Wildman–Crippen MR) is 45.3 cm³/mol. The van der Waals surface area contributed by atoms with Crippen LogP contribution in [-0.4, -0.2) is 23.3 Å². The second kappa shape index (κ2) is 2.60. The van der Waals surface area contributed by atoms with Crippen LogP contribution >= 0.6 is 11.3 Å². The van der Waals surface area contributed by atoms with E-state index in [0.29, 0.717) is 5.69 Å². The Hall–Kier alpha value is -1.36. The quantitative estimate of drug-likeness (QED) is 0.678. The Bertz CT molecular complexity index is 418. The normalized spacial score (nSPS) is 10.4. The number of nitrogens with zero attached hydrogens (tertiary/aromatic N) is 1. The van der Waals surface area contributed by atoms with E-state index in [4.69, 9.17) is 0 Å². The van der Waals surface area contributed by atoms with E-state index in [1.54, 1.807) is 0 Å². The summed E-state index contributed by atoms with van der Waals surface area (Å²) in [5.41, 5.74) is 1.24. The summed E-state index contributed by atoms with van der Waals surface area (Å²) in [6.45, 7) is 0. The van der Waals surface area contributed by atoms with Gasteiger partial charge in [0, 0.05) is 0 Å². The molecule has 0 fully saturated rings. The Morgan fingerprint density at radius 2 is 2.58 bits per heavy atom. The molecule has 1 N–H and O–H groups in total. The summed E-state index contributed by atoms with van der Waals surface area (Å²) in [6, 6.07) is 1.87. The van der Waals surface area contributed by atoms with Crippen molar-refractivity contribution in [1.29, 1.82) is 0 Å². The van der Waals surface area contributed by atoms with Gasteiger partial charge in [-0.3, -0.25) is 5.10 Å². The molecule has 4 nitrogen and oxygen atoms in total. The van der Waals surface area contributed by atoms with Crippen LogP contribution in [0, 0.1) is 0 Å². The molecule has 0 amide bonds. The number of carbonyl (C=O) groups is 1. The molecule has 0 aliphatic heterocycles. The van der Waals surface area contributed by atoms with Gasteiger partial charge in [0.25, 0.3) is 0 Å². The highest BCUT2D eigenvalue weighted by atomic mass is 32.1. The van der Waals surface area contributed by atoms with Crippen LogP contribution in [0.25, 0.3) is 10.2 Å². The summed E-state index contributed by atoms with van der Waals surface area (Å²) in [5, 5.41) is 8.48. The predicted octanol–water partition coefficient (Wildman–Crippen LogP) is 1.41. The number of methoxy groups -OCH3 is 1. The van der Waals surface area contributed by atoms with Gasteiger partial charge in [-0.05, 0) is 11.4 Å². The largest absolute Gasteiger partial charge is 0.464 e. The van der Waals surface area contributed by atoms with Crippen LogP contribution in [0.1, 0.15) is 10.5 Å². The first-order chi connectivity index (χ1) is 5.83. The average Bonchev–Trinajstić information content (AvgIpc) is 2.62. The minimum atomic E-state index is -0.399. The monoisotopic (exact) mass is 182 g/mol. The average molecular weight is 182 g/mol. The van der Waals surface area contributed by atoms with Crippen molar-refractivity contribution in [2.24, 2.45) is 0 Å². The maximum absolute atomic E-state index is 11.1. The number of fused-ring (bicyclic) bond motifs is 1. The maximum Gasteiger partial charge on any atom is 0.360 e. The molecule has 5 heteroatoms. The van der Waals surface area contributed by atoms with Gasteiger partial charge >= 0.3 is 5.97 Å². The number of thiophene rings is 1. The van der Waals surface area contributed by atoms with Gasteiger partial charge in [-0.15, -0.1) is 11.3 Å². The van der Waals surface area contributed by atoms with Crippen LogP contribution in [0.15, 0.2) is 11.4 Å². The number of aromatic nitrogens is 2. The lowest BCUT2D eigenvalue weighted by Gasteiger charge is -1.90. The number of H-pyrrole nitrogens is 1. The van der Waals surface area contributed by atoms with E-state index in [0.717, 1.165) is 10.2 Å². The van der Waals surface area contributed by atoms with Crippen molar-refractivity contribution in [3.05, 3.63) is 17.1 Å². The fourth-order valence-electron chi connectivity index (χ4n) is 0.983. The molecule has 2 heterocycles. The lowest BCUT2D eigenvalue weighted by atomic mass is 10.4. The van der Waals surface area contributed by atoms with Crippen LogP contribution in [0.4, 0.5) is 0 Å². The number of aromatic amines is 1. The van der Waals surface area contributed by atoms with Gasteiger partial charge in [-0.1, -0.05) is 0 Å². The number of esters is 1. The fraction of sp³-hybridized carbons (Fsp3) is 0.143. The highest BCUT2D eigenvalue weighted by Gasteiger charge is 2.14. The number of carbonyl (C=O) groups excluding carboxylic acids is 1. The molecule has 0 aliphatic rings. The van der Waals surface area contributed by atoms with E-state index in [1.807, 2.05) is 11.4 Å². The van der Waals surface area contributed by atoms with Crippen LogP contribution in [0.5, 0.6) is 0 Å². The molecule has 0 bridgehead atoms. The third-order valence-electron chi connectivity index (χ3n) is 1.55. The van der Waals surface area contributed by atoms with E-state index in [2.05, 4.69) is 14.9 Å². The van der Waals surface area contributed by atoms with Crippen LogP contribution < -0.4 is 0 Å². The van der Waals surface area contributed by atoms with Crippen molar-refractivity contribution in [3.63, 3.8) is 0 Å². The van der Waals surface area contributed by atoms with Gasteiger partial charge in [-0.25, -0.2) is 4.79 Å². The molecule has 2 rings (SSSR count). The van der Waals surface area contributed by atoms with E-state index in [1.165, 1.54) is 18.4 Å². The van der Waals surface area contributed by atoms with Crippen LogP contribution in [-0.2, 0) is 4.74 Å². The summed E-state index contributed by atoms with van der Waals surface area (Å²) in [5.74, 6) is -0.399. The number of hydrogen-bond donors (Lipinski definition) is 1. The molecule has 2 aromatic heterocycles. The summed E-state index contributed by atoms with van der Waals surface area (Å²) < 4.78 is 5.41. The van der Waals surface area contributed by atoms with Crippen molar-refractivity contribution in [2.75, 3.05) is 7.11 Å². The van der Waals surface area contributed by atoms with E-state index in [9.17, 15) is 4.79 Å². The zero-order valence-corrected chi connectivity index (χ0v) is 7.14. The number of rotatable bonds is 1. The van der Waals surface area contributed by atoms with Crippen molar-refractivity contribution in [3.8, 4) is 0 Å². The maximum atomic E-state index is 11.1. The summed E-state index contributed by atoms with van der Waals surface area (Å²) in [7, 11) is 1.34. The summed E-state index contributed by atoms with van der Waals surface area (Å²) in [6.07, 6.45) is 0. The Kier molecular flexibility index (Phi) is 1.58. The zero-order chi connectivity index (χ0) is 8.55. The van der Waals surface area contributed by atoms with Gasteiger partial charge in [0.1, 0.15) is 0 Å². The zero-order valence-electron chi connectivity index (χ0n) is 6.33. The second-order valence-corrected chi connectivity index (χ2v) is 3.14. The molecular weight excluding hydrogens is 176 g/mol. The summed E-state index contributed by atoms with van der Waals surface area (Å²) >= 11 is 1.47.